The van der Waals surface area contributed by atoms with Gasteiger partial charge in [-0.05, 0) is 12.1 Å². The zero-order valence-electron chi connectivity index (χ0n) is 10.9. The summed E-state index contributed by atoms with van der Waals surface area (Å²) in [4.78, 5) is 16.4. The van der Waals surface area contributed by atoms with E-state index in [1.54, 1.807) is 24.3 Å². The minimum atomic E-state index is -0.646. The van der Waals surface area contributed by atoms with E-state index in [-0.39, 0.29) is 6.61 Å². The summed E-state index contributed by atoms with van der Waals surface area (Å²) >= 11 is 0. The first-order valence-corrected chi connectivity index (χ1v) is 6.18. The molecule has 0 bridgehead atoms. The summed E-state index contributed by atoms with van der Waals surface area (Å²) in [6.45, 7) is 1.23. The second-order valence-electron chi connectivity index (χ2n) is 4.35. The number of aliphatic hydroxyl groups excluding tert-OH is 1. The number of nitriles is 1. The monoisotopic (exact) mass is 274 g/mol. The molecule has 6 nitrogen and oxygen atoms in total. The minimum Gasteiger partial charge on any atom is -0.452 e. The molecular weight excluding hydrogens is 260 g/mol. The van der Waals surface area contributed by atoms with Crippen molar-refractivity contribution in [3.8, 4) is 6.07 Å². The van der Waals surface area contributed by atoms with E-state index >= 15 is 0 Å². The summed E-state index contributed by atoms with van der Waals surface area (Å²) in [5.74, 6) is -0.440. The summed E-state index contributed by atoms with van der Waals surface area (Å²) in [7, 11) is 0. The fraction of sp³-hybridized carbons (Fsp3) is 0.357. The van der Waals surface area contributed by atoms with Crippen LogP contribution in [0, 0.1) is 11.3 Å². The Balaban J connectivity index is 2.24. The molecule has 2 atom stereocenters. The third-order valence-electron chi connectivity index (χ3n) is 2.91. The number of carbonyl (C=O) groups excluding carboxylic acids is 1. The van der Waals surface area contributed by atoms with Gasteiger partial charge in [0.25, 0.3) is 0 Å². The predicted octanol–water partition coefficient (Wildman–Crippen LogP) is 0.975. The van der Waals surface area contributed by atoms with Crippen LogP contribution in [0.5, 0.6) is 0 Å². The molecule has 1 aliphatic rings. The van der Waals surface area contributed by atoms with Gasteiger partial charge in [0.05, 0.1) is 11.6 Å². The molecule has 0 aliphatic carbocycles. The molecule has 0 unspecified atom stereocenters. The predicted molar refractivity (Wildman–Crippen MR) is 69.8 cm³/mol. The van der Waals surface area contributed by atoms with E-state index in [0.29, 0.717) is 17.7 Å². The molecule has 1 heterocycles. The Hall–Kier alpha value is -2.39. The van der Waals surface area contributed by atoms with Gasteiger partial charge in [0.15, 0.2) is 12.2 Å². The van der Waals surface area contributed by atoms with E-state index in [9.17, 15) is 4.79 Å². The summed E-state index contributed by atoms with van der Waals surface area (Å²) in [6, 6.07) is 8.78. The maximum absolute atomic E-state index is 11.2. The van der Waals surface area contributed by atoms with E-state index in [2.05, 4.69) is 5.16 Å². The molecule has 2 rings (SSSR count). The summed E-state index contributed by atoms with van der Waals surface area (Å²) < 4.78 is 5.23. The van der Waals surface area contributed by atoms with E-state index in [1.807, 2.05) is 6.07 Å². The number of oxime groups is 1. The van der Waals surface area contributed by atoms with Crippen molar-refractivity contribution in [2.24, 2.45) is 5.16 Å². The van der Waals surface area contributed by atoms with Crippen LogP contribution < -0.4 is 0 Å². The van der Waals surface area contributed by atoms with Crippen LogP contribution in [0.3, 0.4) is 0 Å². The van der Waals surface area contributed by atoms with Gasteiger partial charge in [0.2, 0.25) is 0 Å². The molecule has 0 spiro atoms. The first kappa shape index (κ1) is 14.0. The Morgan fingerprint density at radius 2 is 2.20 bits per heavy atom. The molecule has 0 aromatic heterocycles. The highest BCUT2D eigenvalue weighted by atomic mass is 16.7. The molecule has 1 aliphatic heterocycles. The van der Waals surface area contributed by atoms with Gasteiger partial charge in [0.1, 0.15) is 5.71 Å². The second kappa shape index (κ2) is 6.17. The van der Waals surface area contributed by atoms with E-state index in [0.717, 1.165) is 5.56 Å². The molecule has 20 heavy (non-hydrogen) atoms. The van der Waals surface area contributed by atoms with Crippen LogP contribution in [-0.2, 0) is 14.4 Å². The lowest BCUT2D eigenvalue weighted by molar-refractivity contribution is -0.147. The van der Waals surface area contributed by atoms with Crippen molar-refractivity contribution < 1.29 is 19.5 Å². The molecule has 0 saturated heterocycles. The number of ether oxygens (including phenoxy) is 1. The van der Waals surface area contributed by atoms with Gasteiger partial charge in [-0.25, -0.2) is 0 Å². The Labute approximate surface area is 116 Å². The molecule has 0 amide bonds. The van der Waals surface area contributed by atoms with Gasteiger partial charge in [-0.1, -0.05) is 17.3 Å². The number of hydrogen-bond acceptors (Lipinski definition) is 6. The SMILES string of the molecule is CC(=O)O[C@H]1C(c2ccc(C#N)cc2)=NO[C@@H]1CCO. The standard InChI is InChI=1S/C14H14N2O4/c1-9(18)19-14-12(6-7-17)20-16-13(14)11-4-2-10(8-15)3-5-11/h2-5,12,14,17H,6-7H2,1H3/t12-,14-/m1/s1. The van der Waals surface area contributed by atoms with Crippen molar-refractivity contribution >= 4 is 11.7 Å². The third-order valence-corrected chi connectivity index (χ3v) is 2.91. The van der Waals surface area contributed by atoms with E-state index < -0.39 is 18.2 Å². The zero-order chi connectivity index (χ0) is 14.5. The lowest BCUT2D eigenvalue weighted by atomic mass is 9.99. The van der Waals surface area contributed by atoms with Crippen LogP contribution in [-0.4, -0.2) is 35.6 Å². The first-order valence-electron chi connectivity index (χ1n) is 6.18. The Bertz CT molecular complexity index is 560. The van der Waals surface area contributed by atoms with E-state index in [1.165, 1.54) is 6.92 Å². The summed E-state index contributed by atoms with van der Waals surface area (Å²) in [6.07, 6.45) is -0.816. The maximum Gasteiger partial charge on any atom is 0.303 e. The van der Waals surface area contributed by atoms with Crippen LogP contribution in [0.1, 0.15) is 24.5 Å². The van der Waals surface area contributed by atoms with Gasteiger partial charge in [0, 0.05) is 25.5 Å². The normalized spacial score (nSPS) is 20.8. The van der Waals surface area contributed by atoms with Crippen LogP contribution in [0.4, 0.5) is 0 Å². The molecule has 1 aromatic carbocycles. The third kappa shape index (κ3) is 2.95. The molecule has 0 saturated carbocycles. The van der Waals surface area contributed by atoms with Crippen molar-refractivity contribution in [3.05, 3.63) is 35.4 Å². The Morgan fingerprint density at radius 3 is 2.75 bits per heavy atom. The van der Waals surface area contributed by atoms with Gasteiger partial charge in [-0.3, -0.25) is 4.79 Å². The van der Waals surface area contributed by atoms with Gasteiger partial charge in [-0.15, -0.1) is 0 Å². The molecular formula is C14H14N2O4. The topological polar surface area (TPSA) is 91.9 Å². The van der Waals surface area contributed by atoms with Gasteiger partial charge in [-0.2, -0.15) is 5.26 Å². The fourth-order valence-corrected chi connectivity index (χ4v) is 1.98. The first-order chi connectivity index (χ1) is 9.65. The molecule has 1 aromatic rings. The van der Waals surface area contributed by atoms with Crippen LogP contribution in [0.2, 0.25) is 0 Å². The highest BCUT2D eigenvalue weighted by molar-refractivity contribution is 6.05. The van der Waals surface area contributed by atoms with Crippen LogP contribution in [0.15, 0.2) is 29.4 Å². The number of esters is 1. The highest BCUT2D eigenvalue weighted by Crippen LogP contribution is 2.22. The van der Waals surface area contributed by atoms with Crippen molar-refractivity contribution in [2.75, 3.05) is 6.61 Å². The number of carbonyl (C=O) groups is 1. The number of hydrogen-bond donors (Lipinski definition) is 1. The fourth-order valence-electron chi connectivity index (χ4n) is 1.98. The zero-order valence-corrected chi connectivity index (χ0v) is 10.9. The quantitative estimate of drug-likeness (QED) is 0.826. The van der Waals surface area contributed by atoms with Crippen LogP contribution >= 0.6 is 0 Å². The number of benzene rings is 1. The lowest BCUT2D eigenvalue weighted by Gasteiger charge is -2.17. The summed E-state index contributed by atoms with van der Waals surface area (Å²) in [5.41, 5.74) is 1.74. The average molecular weight is 274 g/mol. The number of nitrogens with zero attached hydrogens (tertiary/aromatic N) is 2. The smallest absolute Gasteiger partial charge is 0.303 e. The largest absolute Gasteiger partial charge is 0.452 e. The van der Waals surface area contributed by atoms with Crippen LogP contribution in [0.25, 0.3) is 0 Å². The Morgan fingerprint density at radius 1 is 1.50 bits per heavy atom. The number of aliphatic hydroxyl groups is 1. The molecule has 104 valence electrons. The van der Waals surface area contributed by atoms with Crippen molar-refractivity contribution in [1.82, 2.24) is 0 Å². The average Bonchev–Trinajstić information content (AvgIpc) is 2.82. The second-order valence-corrected chi connectivity index (χ2v) is 4.35. The molecule has 1 N–H and O–H groups in total. The Kier molecular flexibility index (Phi) is 4.33. The van der Waals surface area contributed by atoms with Crippen molar-refractivity contribution in [3.63, 3.8) is 0 Å². The minimum absolute atomic E-state index is 0.0847. The maximum atomic E-state index is 11.2. The highest BCUT2D eigenvalue weighted by Gasteiger charge is 2.37. The molecule has 0 fully saturated rings. The summed E-state index contributed by atoms with van der Waals surface area (Å²) in [5, 5.41) is 21.7. The molecule has 6 heteroatoms. The van der Waals surface area contributed by atoms with E-state index in [4.69, 9.17) is 19.9 Å². The van der Waals surface area contributed by atoms with Gasteiger partial charge >= 0.3 is 5.97 Å². The van der Waals surface area contributed by atoms with Crippen molar-refractivity contribution in [1.29, 1.82) is 5.26 Å². The lowest BCUT2D eigenvalue weighted by Crippen LogP contribution is -2.35. The van der Waals surface area contributed by atoms with Gasteiger partial charge < -0.3 is 14.7 Å². The number of rotatable bonds is 4. The molecule has 0 radical (unpaired) electrons. The van der Waals surface area contributed by atoms with Crippen molar-refractivity contribution in [2.45, 2.75) is 25.6 Å².